The number of pyridine rings is 1. The third kappa shape index (κ3) is 2.95. The van der Waals surface area contributed by atoms with Crippen molar-refractivity contribution < 1.29 is 4.52 Å². The summed E-state index contributed by atoms with van der Waals surface area (Å²) in [5.41, 5.74) is 0.857. The first kappa shape index (κ1) is 13.4. The van der Waals surface area contributed by atoms with Crippen LogP contribution in [0.15, 0.2) is 22.9 Å². The highest BCUT2D eigenvalue weighted by molar-refractivity contribution is 7.99. The Bertz CT molecular complexity index is 561. The zero-order valence-corrected chi connectivity index (χ0v) is 12.5. The molecule has 0 saturated carbocycles. The molecule has 5 nitrogen and oxygen atoms in total. The van der Waals surface area contributed by atoms with Gasteiger partial charge in [0.1, 0.15) is 5.82 Å². The molecule has 0 bridgehead atoms. The van der Waals surface area contributed by atoms with Gasteiger partial charge in [-0.3, -0.25) is 0 Å². The fourth-order valence-electron chi connectivity index (χ4n) is 2.05. The SMILES string of the molecule is CC(C)c1noc(-c2ccc(NC3CCSC3)nc2)n1. The highest BCUT2D eigenvalue weighted by Gasteiger charge is 2.16. The minimum atomic E-state index is 0.265. The molecule has 106 valence electrons. The lowest BCUT2D eigenvalue weighted by Crippen LogP contribution is -2.18. The monoisotopic (exact) mass is 290 g/mol. The van der Waals surface area contributed by atoms with Crippen molar-refractivity contribution in [1.29, 1.82) is 0 Å². The Hall–Kier alpha value is -1.56. The first-order chi connectivity index (χ1) is 9.72. The molecule has 0 amide bonds. The number of nitrogens with zero attached hydrogens (tertiary/aromatic N) is 3. The predicted octanol–water partition coefficient (Wildman–Crippen LogP) is 3.17. The molecule has 0 spiro atoms. The van der Waals surface area contributed by atoms with E-state index in [1.54, 1.807) is 6.20 Å². The molecule has 3 rings (SSSR count). The summed E-state index contributed by atoms with van der Waals surface area (Å²) in [6.07, 6.45) is 2.98. The third-order valence-corrected chi connectivity index (χ3v) is 4.41. The summed E-state index contributed by atoms with van der Waals surface area (Å²) in [5.74, 6) is 4.82. The van der Waals surface area contributed by atoms with Gasteiger partial charge in [-0.1, -0.05) is 19.0 Å². The quantitative estimate of drug-likeness (QED) is 0.933. The summed E-state index contributed by atoms with van der Waals surface area (Å²) in [4.78, 5) is 8.80. The smallest absolute Gasteiger partial charge is 0.259 e. The molecule has 0 radical (unpaired) electrons. The van der Waals surface area contributed by atoms with E-state index < -0.39 is 0 Å². The van der Waals surface area contributed by atoms with Gasteiger partial charge >= 0.3 is 0 Å². The van der Waals surface area contributed by atoms with E-state index in [4.69, 9.17) is 4.52 Å². The van der Waals surface area contributed by atoms with Gasteiger partial charge in [0.15, 0.2) is 5.82 Å². The first-order valence-corrected chi connectivity index (χ1v) is 8.02. The first-order valence-electron chi connectivity index (χ1n) is 6.86. The fraction of sp³-hybridized carbons (Fsp3) is 0.500. The third-order valence-electron chi connectivity index (χ3n) is 3.25. The van der Waals surface area contributed by atoms with Crippen LogP contribution in [0.3, 0.4) is 0 Å². The van der Waals surface area contributed by atoms with Gasteiger partial charge in [0.25, 0.3) is 5.89 Å². The average molecular weight is 290 g/mol. The zero-order chi connectivity index (χ0) is 13.9. The number of thioether (sulfide) groups is 1. The van der Waals surface area contributed by atoms with Crippen LogP contribution in [-0.4, -0.2) is 32.7 Å². The van der Waals surface area contributed by atoms with E-state index in [9.17, 15) is 0 Å². The molecule has 20 heavy (non-hydrogen) atoms. The standard InChI is InChI=1S/C14H18N4OS/c1-9(2)13-17-14(19-18-13)10-3-4-12(15-7-10)16-11-5-6-20-8-11/h3-4,7,9,11H,5-6,8H2,1-2H3,(H,15,16). The molecule has 1 atom stereocenters. The van der Waals surface area contributed by atoms with E-state index in [1.165, 1.54) is 12.2 Å². The molecular weight excluding hydrogens is 272 g/mol. The predicted molar refractivity (Wildman–Crippen MR) is 81.0 cm³/mol. The van der Waals surface area contributed by atoms with Crippen LogP contribution in [0.5, 0.6) is 0 Å². The van der Waals surface area contributed by atoms with Crippen molar-refractivity contribution >= 4 is 17.6 Å². The Morgan fingerprint density at radius 1 is 1.40 bits per heavy atom. The lowest BCUT2D eigenvalue weighted by Gasteiger charge is -2.11. The van der Waals surface area contributed by atoms with E-state index in [1.807, 2.05) is 37.7 Å². The number of hydrogen-bond acceptors (Lipinski definition) is 6. The largest absolute Gasteiger partial charge is 0.366 e. The summed E-state index contributed by atoms with van der Waals surface area (Å²) in [6.45, 7) is 4.08. The van der Waals surface area contributed by atoms with Gasteiger partial charge in [0.05, 0.1) is 5.56 Å². The van der Waals surface area contributed by atoms with E-state index in [2.05, 4.69) is 20.4 Å². The summed E-state index contributed by atoms with van der Waals surface area (Å²) >= 11 is 1.98. The lowest BCUT2D eigenvalue weighted by atomic mass is 10.2. The Morgan fingerprint density at radius 3 is 2.90 bits per heavy atom. The molecule has 1 fully saturated rings. The van der Waals surface area contributed by atoms with E-state index in [0.29, 0.717) is 11.9 Å². The van der Waals surface area contributed by atoms with Crippen LogP contribution in [0.4, 0.5) is 5.82 Å². The minimum Gasteiger partial charge on any atom is -0.366 e. The molecule has 2 aromatic heterocycles. The summed E-state index contributed by atoms with van der Waals surface area (Å²) in [6, 6.07) is 4.47. The molecule has 1 unspecified atom stereocenters. The number of nitrogens with one attached hydrogen (secondary N) is 1. The molecule has 1 aliphatic heterocycles. The molecule has 0 aromatic carbocycles. The van der Waals surface area contributed by atoms with E-state index in [0.717, 1.165) is 23.0 Å². The number of aromatic nitrogens is 3. The lowest BCUT2D eigenvalue weighted by molar-refractivity contribution is 0.419. The second-order valence-electron chi connectivity index (χ2n) is 5.25. The Kier molecular flexibility index (Phi) is 3.91. The molecule has 1 aliphatic rings. The number of hydrogen-bond donors (Lipinski definition) is 1. The van der Waals surface area contributed by atoms with Crippen LogP contribution >= 0.6 is 11.8 Å². The van der Waals surface area contributed by atoms with Crippen LogP contribution < -0.4 is 5.32 Å². The van der Waals surface area contributed by atoms with Crippen LogP contribution in [0, 0.1) is 0 Å². The van der Waals surface area contributed by atoms with Crippen LogP contribution in [0.25, 0.3) is 11.5 Å². The van der Waals surface area contributed by atoms with Crippen molar-refractivity contribution in [2.75, 3.05) is 16.8 Å². The fourth-order valence-corrected chi connectivity index (χ4v) is 3.20. The summed E-state index contributed by atoms with van der Waals surface area (Å²) in [5, 5.41) is 7.41. The normalized spacial score (nSPS) is 18.6. The van der Waals surface area contributed by atoms with Crippen molar-refractivity contribution in [3.05, 3.63) is 24.2 Å². The second-order valence-corrected chi connectivity index (χ2v) is 6.40. The van der Waals surface area contributed by atoms with Gasteiger partial charge in [-0.2, -0.15) is 16.7 Å². The van der Waals surface area contributed by atoms with E-state index in [-0.39, 0.29) is 5.92 Å². The topological polar surface area (TPSA) is 63.8 Å². The van der Waals surface area contributed by atoms with Crippen LogP contribution in [-0.2, 0) is 0 Å². The molecule has 3 heterocycles. The molecule has 0 aliphatic carbocycles. The van der Waals surface area contributed by atoms with Crippen molar-refractivity contribution in [2.24, 2.45) is 0 Å². The van der Waals surface area contributed by atoms with Gasteiger partial charge in [-0.25, -0.2) is 4.98 Å². The van der Waals surface area contributed by atoms with Crippen molar-refractivity contribution in [3.63, 3.8) is 0 Å². The van der Waals surface area contributed by atoms with Crippen LogP contribution in [0.1, 0.15) is 32.0 Å². The van der Waals surface area contributed by atoms with Gasteiger partial charge < -0.3 is 9.84 Å². The minimum absolute atomic E-state index is 0.265. The second kappa shape index (κ2) is 5.83. The molecule has 1 N–H and O–H groups in total. The van der Waals surface area contributed by atoms with Gasteiger partial charge in [-0.15, -0.1) is 0 Å². The highest BCUT2D eigenvalue weighted by atomic mass is 32.2. The zero-order valence-electron chi connectivity index (χ0n) is 11.7. The van der Waals surface area contributed by atoms with Crippen molar-refractivity contribution in [1.82, 2.24) is 15.1 Å². The maximum Gasteiger partial charge on any atom is 0.259 e. The molecule has 2 aromatic rings. The highest BCUT2D eigenvalue weighted by Crippen LogP contribution is 2.23. The summed E-state index contributed by atoms with van der Waals surface area (Å²) in [7, 11) is 0. The van der Waals surface area contributed by atoms with Gasteiger partial charge in [0.2, 0.25) is 0 Å². The Balaban J connectivity index is 1.71. The maximum atomic E-state index is 5.26. The summed E-state index contributed by atoms with van der Waals surface area (Å²) < 4.78 is 5.26. The van der Waals surface area contributed by atoms with E-state index >= 15 is 0 Å². The van der Waals surface area contributed by atoms with Crippen molar-refractivity contribution in [3.8, 4) is 11.5 Å². The average Bonchev–Trinajstić information content (AvgIpc) is 3.10. The van der Waals surface area contributed by atoms with Crippen LogP contribution in [0.2, 0.25) is 0 Å². The Morgan fingerprint density at radius 2 is 2.30 bits per heavy atom. The number of rotatable bonds is 4. The maximum absolute atomic E-state index is 5.26. The van der Waals surface area contributed by atoms with Crippen molar-refractivity contribution in [2.45, 2.75) is 32.2 Å². The molecule has 1 saturated heterocycles. The number of anilines is 1. The molecule has 6 heteroatoms. The molecular formula is C14H18N4OS. The Labute approximate surface area is 122 Å². The van der Waals surface area contributed by atoms with Gasteiger partial charge in [-0.05, 0) is 24.3 Å². The van der Waals surface area contributed by atoms with Gasteiger partial charge in [0, 0.05) is 23.9 Å².